The fraction of sp³-hybridized carbons (Fsp3) is 1.00. The minimum atomic E-state index is -0.117. The van der Waals surface area contributed by atoms with Gasteiger partial charge in [-0.1, -0.05) is 41.5 Å². The molecule has 1 fully saturated rings. The van der Waals surface area contributed by atoms with Crippen LogP contribution in [0.15, 0.2) is 0 Å². The number of aliphatic hydroxyl groups is 1. The van der Waals surface area contributed by atoms with E-state index in [9.17, 15) is 5.11 Å². The second-order valence-corrected chi connectivity index (χ2v) is 7.48. The van der Waals surface area contributed by atoms with Gasteiger partial charge >= 0.3 is 0 Å². The Labute approximate surface area is 95.3 Å². The van der Waals surface area contributed by atoms with Gasteiger partial charge in [-0.05, 0) is 41.9 Å². The van der Waals surface area contributed by atoms with Gasteiger partial charge in [-0.3, -0.25) is 0 Å². The van der Waals surface area contributed by atoms with E-state index in [0.29, 0.717) is 11.3 Å². The lowest BCUT2D eigenvalue weighted by Gasteiger charge is -2.45. The fourth-order valence-corrected chi connectivity index (χ4v) is 3.39. The van der Waals surface area contributed by atoms with Gasteiger partial charge in [0.1, 0.15) is 0 Å². The first-order valence-electron chi connectivity index (χ1n) is 6.30. The van der Waals surface area contributed by atoms with Crippen LogP contribution in [0.5, 0.6) is 0 Å². The zero-order valence-corrected chi connectivity index (χ0v) is 11.3. The lowest BCUT2D eigenvalue weighted by atomic mass is 9.63. The Morgan fingerprint density at radius 1 is 1.27 bits per heavy atom. The van der Waals surface area contributed by atoms with Gasteiger partial charge in [0.15, 0.2) is 0 Å². The molecule has 0 heterocycles. The van der Waals surface area contributed by atoms with Gasteiger partial charge in [0.25, 0.3) is 0 Å². The molecule has 0 aromatic carbocycles. The summed E-state index contributed by atoms with van der Waals surface area (Å²) in [5.41, 5.74) is 0.524. The Morgan fingerprint density at radius 2 is 1.80 bits per heavy atom. The van der Waals surface area contributed by atoms with Crippen LogP contribution >= 0.6 is 0 Å². The molecule has 3 unspecified atom stereocenters. The summed E-state index contributed by atoms with van der Waals surface area (Å²) in [6, 6.07) is 0. The third-order valence-corrected chi connectivity index (χ3v) is 3.76. The summed E-state index contributed by atoms with van der Waals surface area (Å²) in [6.45, 7) is 13.6. The maximum atomic E-state index is 10.1. The molecule has 1 heteroatoms. The molecule has 0 aromatic heterocycles. The normalized spacial score (nSPS) is 36.6. The van der Waals surface area contributed by atoms with Crippen molar-refractivity contribution < 1.29 is 5.11 Å². The van der Waals surface area contributed by atoms with Gasteiger partial charge in [-0.15, -0.1) is 0 Å². The smallest absolute Gasteiger partial charge is 0.0616 e. The van der Waals surface area contributed by atoms with E-state index < -0.39 is 0 Å². The molecule has 1 aliphatic rings. The zero-order chi connectivity index (χ0) is 11.9. The van der Waals surface area contributed by atoms with Gasteiger partial charge in [0.05, 0.1) is 6.10 Å². The Balaban J connectivity index is 2.65. The fourth-order valence-electron chi connectivity index (χ4n) is 3.39. The maximum Gasteiger partial charge on any atom is 0.0616 e. The monoisotopic (exact) mass is 212 g/mol. The third-order valence-electron chi connectivity index (χ3n) is 3.76. The molecule has 1 aliphatic carbocycles. The zero-order valence-electron chi connectivity index (χ0n) is 11.3. The first-order valence-corrected chi connectivity index (χ1v) is 6.30. The summed E-state index contributed by atoms with van der Waals surface area (Å²) in [4.78, 5) is 0. The molecule has 0 bridgehead atoms. The van der Waals surface area contributed by atoms with Gasteiger partial charge in [-0.2, -0.15) is 0 Å². The van der Waals surface area contributed by atoms with E-state index >= 15 is 0 Å². The average Bonchev–Trinajstić information content (AvgIpc) is 1.95. The predicted molar refractivity (Wildman–Crippen MR) is 65.7 cm³/mol. The minimum Gasteiger partial charge on any atom is -0.392 e. The van der Waals surface area contributed by atoms with E-state index in [4.69, 9.17) is 0 Å². The van der Waals surface area contributed by atoms with E-state index in [-0.39, 0.29) is 11.5 Å². The quantitative estimate of drug-likeness (QED) is 0.700. The highest BCUT2D eigenvalue weighted by Crippen LogP contribution is 2.45. The van der Waals surface area contributed by atoms with E-state index in [1.807, 2.05) is 0 Å². The number of hydrogen-bond acceptors (Lipinski definition) is 1. The Bertz CT molecular complexity index is 212. The van der Waals surface area contributed by atoms with Crippen LogP contribution in [0.3, 0.4) is 0 Å². The van der Waals surface area contributed by atoms with Crippen molar-refractivity contribution in [3.63, 3.8) is 0 Å². The lowest BCUT2D eigenvalue weighted by Crippen LogP contribution is -2.42. The maximum absolute atomic E-state index is 10.1. The van der Waals surface area contributed by atoms with E-state index in [1.54, 1.807) is 0 Å². The molecule has 1 rings (SSSR count). The van der Waals surface area contributed by atoms with Crippen molar-refractivity contribution in [2.75, 3.05) is 0 Å². The second kappa shape index (κ2) is 4.08. The Kier molecular flexibility index (Phi) is 3.55. The SMILES string of the molecule is CC1CC(CC(C)(C)C)CC(C)(C)C1O. The summed E-state index contributed by atoms with van der Waals surface area (Å²) in [6.07, 6.45) is 3.54. The van der Waals surface area contributed by atoms with Crippen molar-refractivity contribution in [2.45, 2.75) is 66.9 Å². The van der Waals surface area contributed by atoms with E-state index in [0.717, 1.165) is 5.92 Å². The van der Waals surface area contributed by atoms with Crippen molar-refractivity contribution in [1.29, 1.82) is 0 Å². The van der Waals surface area contributed by atoms with Crippen LogP contribution in [0.25, 0.3) is 0 Å². The molecule has 90 valence electrons. The molecule has 1 nitrogen and oxygen atoms in total. The average molecular weight is 212 g/mol. The molecule has 0 aliphatic heterocycles. The Morgan fingerprint density at radius 3 is 2.20 bits per heavy atom. The highest BCUT2D eigenvalue weighted by Gasteiger charge is 2.40. The highest BCUT2D eigenvalue weighted by molar-refractivity contribution is 4.91. The van der Waals surface area contributed by atoms with Crippen molar-refractivity contribution in [3.05, 3.63) is 0 Å². The summed E-state index contributed by atoms with van der Waals surface area (Å²) in [7, 11) is 0. The molecule has 0 saturated heterocycles. The van der Waals surface area contributed by atoms with Crippen molar-refractivity contribution >= 4 is 0 Å². The molecule has 0 aromatic rings. The summed E-state index contributed by atoms with van der Waals surface area (Å²) in [5, 5.41) is 10.1. The number of rotatable bonds is 1. The van der Waals surface area contributed by atoms with Crippen LogP contribution in [0.4, 0.5) is 0 Å². The van der Waals surface area contributed by atoms with Crippen molar-refractivity contribution in [1.82, 2.24) is 0 Å². The molecule has 0 amide bonds. The summed E-state index contributed by atoms with van der Waals surface area (Å²) < 4.78 is 0. The molecule has 1 saturated carbocycles. The molecule has 0 radical (unpaired) electrons. The van der Waals surface area contributed by atoms with Gasteiger partial charge in [-0.25, -0.2) is 0 Å². The summed E-state index contributed by atoms with van der Waals surface area (Å²) >= 11 is 0. The molecule has 0 spiro atoms. The van der Waals surface area contributed by atoms with Crippen molar-refractivity contribution in [3.8, 4) is 0 Å². The van der Waals surface area contributed by atoms with Crippen LogP contribution in [0, 0.1) is 22.7 Å². The van der Waals surface area contributed by atoms with Crippen LogP contribution < -0.4 is 0 Å². The van der Waals surface area contributed by atoms with Gasteiger partial charge in [0.2, 0.25) is 0 Å². The predicted octanol–water partition coefficient (Wildman–Crippen LogP) is 3.86. The third kappa shape index (κ3) is 3.48. The molecular weight excluding hydrogens is 184 g/mol. The van der Waals surface area contributed by atoms with Gasteiger partial charge < -0.3 is 5.11 Å². The van der Waals surface area contributed by atoms with Crippen LogP contribution in [-0.4, -0.2) is 11.2 Å². The standard InChI is InChI=1S/C14H28O/c1-10-7-11(8-13(2,3)4)9-14(5,6)12(10)15/h10-12,15H,7-9H2,1-6H3. The molecule has 3 atom stereocenters. The summed E-state index contributed by atoms with van der Waals surface area (Å²) in [5.74, 6) is 1.25. The molecule has 15 heavy (non-hydrogen) atoms. The van der Waals surface area contributed by atoms with Crippen LogP contribution in [0.2, 0.25) is 0 Å². The van der Waals surface area contributed by atoms with E-state index in [2.05, 4.69) is 41.5 Å². The molecule has 1 N–H and O–H groups in total. The lowest BCUT2D eigenvalue weighted by molar-refractivity contribution is -0.0522. The first kappa shape index (κ1) is 13.0. The van der Waals surface area contributed by atoms with Crippen LogP contribution in [0.1, 0.15) is 60.8 Å². The highest BCUT2D eigenvalue weighted by atomic mass is 16.3. The second-order valence-electron chi connectivity index (χ2n) is 7.48. The number of aliphatic hydroxyl groups excluding tert-OH is 1. The van der Waals surface area contributed by atoms with Crippen LogP contribution in [-0.2, 0) is 0 Å². The molecular formula is C14H28O. The van der Waals surface area contributed by atoms with E-state index in [1.165, 1.54) is 19.3 Å². The largest absolute Gasteiger partial charge is 0.392 e. The van der Waals surface area contributed by atoms with Gasteiger partial charge in [0, 0.05) is 0 Å². The van der Waals surface area contributed by atoms with Crippen molar-refractivity contribution in [2.24, 2.45) is 22.7 Å². The topological polar surface area (TPSA) is 20.2 Å². The number of hydrogen-bond donors (Lipinski definition) is 1. The Hall–Kier alpha value is -0.0400. The first-order chi connectivity index (χ1) is 6.62. The minimum absolute atomic E-state index is 0.105.